The van der Waals surface area contributed by atoms with E-state index in [1.807, 2.05) is 46.2 Å². The molecule has 0 saturated heterocycles. The fourth-order valence-corrected chi connectivity index (χ4v) is 5.77. The summed E-state index contributed by atoms with van der Waals surface area (Å²) in [5.74, 6) is 1.39. The second kappa shape index (κ2) is 11.1. The standard InChI is InChI=1S/C32H41N7O4S/c1-19-10-11-21(30(40)34-23-15-22(31(2,3)4)16-24(28(23)43-8)36-44(9,41)42)14-26(19)38-18-25(35-37-38)27-17-33-29(20-12-13-20)39(27)32(5,6)7/h10-11,14-18,20,36H,12-13H2,1-9H3,(H,34,40). The maximum atomic E-state index is 13.6. The van der Waals surface area contributed by atoms with E-state index in [2.05, 4.69) is 45.7 Å². The zero-order chi connectivity index (χ0) is 32.2. The van der Waals surface area contributed by atoms with Crippen molar-refractivity contribution in [3.05, 3.63) is 65.2 Å². The number of hydrogen-bond donors (Lipinski definition) is 2. The van der Waals surface area contributed by atoms with Gasteiger partial charge in [-0.05, 0) is 81.3 Å². The Kier molecular flexibility index (Phi) is 7.86. The van der Waals surface area contributed by atoms with Crippen molar-refractivity contribution in [2.75, 3.05) is 23.4 Å². The average molecular weight is 620 g/mol. The van der Waals surface area contributed by atoms with E-state index in [9.17, 15) is 13.2 Å². The first-order valence-corrected chi connectivity index (χ1v) is 16.5. The summed E-state index contributed by atoms with van der Waals surface area (Å²) in [6.45, 7) is 14.4. The highest BCUT2D eigenvalue weighted by Crippen LogP contribution is 2.43. The molecule has 0 spiro atoms. The van der Waals surface area contributed by atoms with Gasteiger partial charge in [0, 0.05) is 17.0 Å². The lowest BCUT2D eigenvalue weighted by molar-refractivity contribution is 0.102. The van der Waals surface area contributed by atoms with Gasteiger partial charge in [-0.1, -0.05) is 32.1 Å². The third-order valence-electron chi connectivity index (χ3n) is 7.58. The van der Waals surface area contributed by atoms with E-state index in [1.54, 1.807) is 28.9 Å². The van der Waals surface area contributed by atoms with Gasteiger partial charge in [0.2, 0.25) is 10.0 Å². The lowest BCUT2D eigenvalue weighted by atomic mass is 9.86. The predicted molar refractivity (Wildman–Crippen MR) is 172 cm³/mol. The van der Waals surface area contributed by atoms with Crippen LogP contribution < -0.4 is 14.8 Å². The summed E-state index contributed by atoms with van der Waals surface area (Å²) in [7, 11) is -2.17. The number of hydrogen-bond acceptors (Lipinski definition) is 7. The maximum Gasteiger partial charge on any atom is 0.255 e. The minimum atomic E-state index is -3.60. The molecule has 1 saturated carbocycles. The number of aryl methyl sites for hydroxylation is 1. The van der Waals surface area contributed by atoms with Crippen LogP contribution in [0.1, 0.15) is 87.6 Å². The van der Waals surface area contributed by atoms with Gasteiger partial charge in [0.05, 0.1) is 48.5 Å². The van der Waals surface area contributed by atoms with E-state index >= 15 is 0 Å². The Labute approximate surface area is 259 Å². The summed E-state index contributed by atoms with van der Waals surface area (Å²) in [5, 5.41) is 11.8. The Morgan fingerprint density at radius 3 is 2.32 bits per heavy atom. The minimum absolute atomic E-state index is 0.177. The number of imidazole rings is 1. The number of nitrogens with zero attached hydrogens (tertiary/aromatic N) is 5. The van der Waals surface area contributed by atoms with Crippen molar-refractivity contribution >= 4 is 27.3 Å². The molecule has 1 aliphatic carbocycles. The maximum absolute atomic E-state index is 13.6. The average Bonchev–Trinajstić information content (AvgIpc) is 3.45. The van der Waals surface area contributed by atoms with Gasteiger partial charge in [-0.3, -0.25) is 9.52 Å². The highest BCUT2D eigenvalue weighted by molar-refractivity contribution is 7.92. The van der Waals surface area contributed by atoms with Crippen LogP contribution in [0, 0.1) is 6.92 Å². The van der Waals surface area contributed by atoms with Crippen LogP contribution in [0.5, 0.6) is 5.75 Å². The van der Waals surface area contributed by atoms with Gasteiger partial charge in [0.1, 0.15) is 11.5 Å². The zero-order valence-electron chi connectivity index (χ0n) is 26.8. The molecule has 1 amide bonds. The third kappa shape index (κ3) is 6.50. The molecule has 2 heterocycles. The Morgan fingerprint density at radius 2 is 1.73 bits per heavy atom. The van der Waals surface area contributed by atoms with Crippen LogP contribution in [0.15, 0.2) is 42.7 Å². The number of amides is 1. The second-order valence-corrected chi connectivity index (χ2v) is 15.3. The number of anilines is 2. The van der Waals surface area contributed by atoms with Crippen LogP contribution in [0.3, 0.4) is 0 Å². The molecule has 5 rings (SSSR count). The minimum Gasteiger partial charge on any atom is -0.492 e. The number of carbonyl (C=O) groups excluding carboxylic acids is 1. The first-order chi connectivity index (χ1) is 20.5. The molecule has 0 unspecified atom stereocenters. The van der Waals surface area contributed by atoms with Crippen LogP contribution in [0.4, 0.5) is 11.4 Å². The van der Waals surface area contributed by atoms with Gasteiger partial charge in [-0.25, -0.2) is 18.1 Å². The summed E-state index contributed by atoms with van der Waals surface area (Å²) < 4.78 is 36.2. The van der Waals surface area contributed by atoms with Gasteiger partial charge < -0.3 is 14.6 Å². The molecule has 1 aliphatic rings. The van der Waals surface area contributed by atoms with Crippen molar-refractivity contribution < 1.29 is 17.9 Å². The van der Waals surface area contributed by atoms with Crippen LogP contribution in [-0.2, 0) is 21.0 Å². The molecule has 44 heavy (non-hydrogen) atoms. The molecule has 0 atom stereocenters. The van der Waals surface area contributed by atoms with Crippen molar-refractivity contribution in [3.63, 3.8) is 0 Å². The topological polar surface area (TPSA) is 133 Å². The number of ether oxygens (including phenoxy) is 1. The lowest BCUT2D eigenvalue weighted by Gasteiger charge is -2.25. The number of sulfonamides is 1. The van der Waals surface area contributed by atoms with E-state index in [0.29, 0.717) is 28.6 Å². The molecular weight excluding hydrogens is 578 g/mol. The second-order valence-electron chi connectivity index (χ2n) is 13.5. The van der Waals surface area contributed by atoms with Crippen LogP contribution in [0.25, 0.3) is 17.1 Å². The molecule has 0 bridgehead atoms. The zero-order valence-corrected chi connectivity index (χ0v) is 27.6. The first-order valence-electron chi connectivity index (χ1n) is 14.6. The van der Waals surface area contributed by atoms with E-state index in [1.165, 1.54) is 7.11 Å². The summed E-state index contributed by atoms with van der Waals surface area (Å²) in [5.41, 5.74) is 4.51. The first kappa shape index (κ1) is 31.2. The summed E-state index contributed by atoms with van der Waals surface area (Å²) in [6, 6.07) is 8.88. The van der Waals surface area contributed by atoms with Crippen molar-refractivity contribution in [2.45, 2.75) is 78.2 Å². The summed E-state index contributed by atoms with van der Waals surface area (Å²) in [6.07, 6.45) is 7.10. The van der Waals surface area contributed by atoms with E-state index in [4.69, 9.17) is 9.72 Å². The smallest absolute Gasteiger partial charge is 0.255 e. The van der Waals surface area contributed by atoms with E-state index < -0.39 is 10.0 Å². The number of aromatic nitrogens is 5. The van der Waals surface area contributed by atoms with Gasteiger partial charge in [0.15, 0.2) is 5.75 Å². The number of benzene rings is 2. The normalized spacial score (nSPS) is 14.0. The van der Waals surface area contributed by atoms with Crippen LogP contribution in [-0.4, -0.2) is 52.2 Å². The lowest BCUT2D eigenvalue weighted by Crippen LogP contribution is -2.25. The molecule has 2 aromatic heterocycles. The number of carbonyl (C=O) groups is 1. The molecule has 0 aliphatic heterocycles. The quantitative estimate of drug-likeness (QED) is 0.247. The van der Waals surface area contributed by atoms with Gasteiger partial charge in [0.25, 0.3) is 5.91 Å². The molecule has 2 N–H and O–H groups in total. The Hall–Kier alpha value is -4.19. The summed E-state index contributed by atoms with van der Waals surface area (Å²) in [4.78, 5) is 18.4. The van der Waals surface area contributed by atoms with Gasteiger partial charge in [-0.15, -0.1) is 5.10 Å². The Bertz CT molecular complexity index is 1840. The van der Waals surface area contributed by atoms with Crippen LogP contribution >= 0.6 is 0 Å². The summed E-state index contributed by atoms with van der Waals surface area (Å²) >= 11 is 0. The van der Waals surface area contributed by atoms with Gasteiger partial charge in [-0.2, -0.15) is 0 Å². The molecule has 4 aromatic rings. The van der Waals surface area contributed by atoms with Crippen LogP contribution in [0.2, 0.25) is 0 Å². The number of rotatable bonds is 8. The fourth-order valence-electron chi connectivity index (χ4n) is 5.22. The Morgan fingerprint density at radius 1 is 1.05 bits per heavy atom. The van der Waals surface area contributed by atoms with Crippen molar-refractivity contribution in [2.24, 2.45) is 0 Å². The SMILES string of the molecule is COc1c(NC(=O)c2ccc(C)c(-n3cc(-c4cnc(C5CC5)n4C(C)(C)C)nn3)c2)cc(C(C)(C)C)cc1NS(C)(=O)=O. The molecular formula is C32H41N7O4S. The predicted octanol–water partition coefficient (Wildman–Crippen LogP) is 6.00. The monoisotopic (exact) mass is 619 g/mol. The van der Waals surface area contributed by atoms with Gasteiger partial charge >= 0.3 is 0 Å². The molecule has 2 aromatic carbocycles. The van der Waals surface area contributed by atoms with Crippen molar-refractivity contribution in [1.29, 1.82) is 0 Å². The highest BCUT2D eigenvalue weighted by Gasteiger charge is 2.33. The largest absolute Gasteiger partial charge is 0.492 e. The highest BCUT2D eigenvalue weighted by atomic mass is 32.2. The van der Waals surface area contributed by atoms with Crippen molar-refractivity contribution in [3.8, 4) is 22.8 Å². The van der Waals surface area contributed by atoms with E-state index in [0.717, 1.165) is 41.7 Å². The molecule has 12 heteroatoms. The molecule has 11 nitrogen and oxygen atoms in total. The van der Waals surface area contributed by atoms with Crippen molar-refractivity contribution in [1.82, 2.24) is 24.5 Å². The molecule has 234 valence electrons. The number of nitrogens with one attached hydrogen (secondary N) is 2. The third-order valence-corrected chi connectivity index (χ3v) is 8.17. The molecule has 0 radical (unpaired) electrons. The Balaban J connectivity index is 1.49. The molecule has 1 fully saturated rings. The van der Waals surface area contributed by atoms with E-state index in [-0.39, 0.29) is 28.3 Å². The number of methoxy groups -OCH3 is 1. The fraction of sp³-hybridized carbons (Fsp3) is 0.438.